The zero-order valence-electron chi connectivity index (χ0n) is 20.7. The van der Waals surface area contributed by atoms with E-state index in [-0.39, 0.29) is 18.3 Å². The fourth-order valence-electron chi connectivity index (χ4n) is 3.50. The molecule has 0 spiro atoms. The van der Waals surface area contributed by atoms with Crippen molar-refractivity contribution in [3.8, 4) is 5.75 Å². The Bertz CT molecular complexity index is 1430. The molecule has 0 saturated heterocycles. The zero-order valence-corrected chi connectivity index (χ0v) is 21.5. The molecule has 2 N–H and O–H groups in total. The molecule has 11 heteroatoms. The second kappa shape index (κ2) is 11.0. The van der Waals surface area contributed by atoms with Crippen molar-refractivity contribution in [2.45, 2.75) is 52.5 Å². The fourth-order valence-corrected chi connectivity index (χ4v) is 3.63. The lowest BCUT2D eigenvalue weighted by Crippen LogP contribution is -2.54. The molecule has 0 aliphatic rings. The first-order chi connectivity index (χ1) is 16.9. The first-order valence-electron chi connectivity index (χ1n) is 11.2. The van der Waals surface area contributed by atoms with Gasteiger partial charge in [-0.2, -0.15) is 0 Å². The second-order valence-corrected chi connectivity index (χ2v) is 9.27. The van der Waals surface area contributed by atoms with E-state index < -0.39 is 29.5 Å². The van der Waals surface area contributed by atoms with Crippen LogP contribution in [0.1, 0.15) is 31.9 Å². The lowest BCUT2D eigenvalue weighted by Gasteiger charge is -2.21. The summed E-state index contributed by atoms with van der Waals surface area (Å²) in [4.78, 5) is 45.4. The third-order valence-electron chi connectivity index (χ3n) is 5.28. The smallest absolute Gasteiger partial charge is 0.339 e. The van der Waals surface area contributed by atoms with Crippen LogP contribution in [0.2, 0.25) is 5.02 Å². The summed E-state index contributed by atoms with van der Waals surface area (Å²) in [6.07, 6.45) is -0.000770. The van der Waals surface area contributed by atoms with E-state index in [4.69, 9.17) is 16.3 Å². The van der Waals surface area contributed by atoms with Crippen LogP contribution in [0.4, 0.5) is 5.69 Å². The summed E-state index contributed by atoms with van der Waals surface area (Å²) >= 11 is 5.99. The van der Waals surface area contributed by atoms with Gasteiger partial charge in [0.2, 0.25) is 5.62 Å². The molecule has 1 aromatic heterocycles. The molecule has 0 aliphatic heterocycles. The minimum absolute atomic E-state index is 0.000770. The Kier molecular flexibility index (Phi) is 8.21. The van der Waals surface area contributed by atoms with Gasteiger partial charge in [0.15, 0.2) is 5.60 Å². The summed E-state index contributed by atoms with van der Waals surface area (Å²) in [7, 11) is 1.10. The number of nitrogens with zero attached hydrogens (tertiary/aromatic N) is 3. The molecule has 0 amide bonds. The Balaban J connectivity index is 2.18. The van der Waals surface area contributed by atoms with Gasteiger partial charge in [-0.1, -0.05) is 23.7 Å². The van der Waals surface area contributed by atoms with Gasteiger partial charge < -0.3 is 14.6 Å². The molecule has 0 radical (unpaired) electrons. The molecule has 3 rings (SSSR count). The number of rotatable bonds is 8. The van der Waals surface area contributed by atoms with E-state index in [1.165, 1.54) is 4.57 Å². The van der Waals surface area contributed by atoms with E-state index in [0.717, 1.165) is 24.2 Å². The fraction of sp³-hybridized carbons (Fsp3) is 0.360. The summed E-state index contributed by atoms with van der Waals surface area (Å²) in [6.45, 7) is 6.31. The predicted molar refractivity (Wildman–Crippen MR) is 135 cm³/mol. The standard InChI is InChI=1S/C25H29ClN4O6/c1-15(2)36-20-11-10-19(12-16(20)3)27-22-28-23(32)30(14-25(4,34)21(31)35-5)24(33)29(22)13-17-6-8-18(26)9-7-17/h6-12,15,34H,13-14H2,1-5H3,(H,27,28,32). The van der Waals surface area contributed by atoms with Gasteiger partial charge in [-0.05, 0) is 69.2 Å². The first kappa shape index (κ1) is 27.0. The van der Waals surface area contributed by atoms with E-state index in [0.29, 0.717) is 22.0 Å². The third-order valence-corrected chi connectivity index (χ3v) is 5.53. The van der Waals surface area contributed by atoms with Gasteiger partial charge in [-0.25, -0.2) is 23.9 Å². The molecule has 10 nitrogen and oxygen atoms in total. The van der Waals surface area contributed by atoms with Crippen LogP contribution in [0, 0.1) is 6.92 Å². The summed E-state index contributed by atoms with van der Waals surface area (Å²) in [5, 5.41) is 11.0. The SMILES string of the molecule is COC(=O)C(C)(O)Cn1c(=O)[nH]c(=Nc2ccc(OC(C)C)c(C)c2)n(Cc2ccc(Cl)cc2)c1=O. The molecule has 2 aromatic carbocycles. The number of aryl methyl sites for hydroxylation is 1. The van der Waals surface area contributed by atoms with Gasteiger partial charge in [0.1, 0.15) is 5.75 Å². The Hall–Kier alpha value is -3.63. The molecule has 0 bridgehead atoms. The zero-order chi connectivity index (χ0) is 26.6. The maximum atomic E-state index is 13.4. The van der Waals surface area contributed by atoms with Gasteiger partial charge in [0, 0.05) is 5.02 Å². The molecule has 1 atom stereocenters. The number of hydrogen-bond donors (Lipinski definition) is 2. The second-order valence-electron chi connectivity index (χ2n) is 8.83. The van der Waals surface area contributed by atoms with Crippen molar-refractivity contribution in [1.29, 1.82) is 0 Å². The van der Waals surface area contributed by atoms with Gasteiger partial charge in [0.05, 0.1) is 32.0 Å². The van der Waals surface area contributed by atoms with Crippen LogP contribution >= 0.6 is 11.6 Å². The van der Waals surface area contributed by atoms with Crippen molar-refractivity contribution in [3.05, 3.63) is 85.2 Å². The number of benzene rings is 2. The number of H-pyrrole nitrogens is 1. The number of nitrogens with one attached hydrogen (secondary N) is 1. The summed E-state index contributed by atoms with van der Waals surface area (Å²) in [5.74, 6) is -0.280. The number of halogens is 1. The van der Waals surface area contributed by atoms with Crippen LogP contribution in [-0.4, -0.2) is 44.0 Å². The van der Waals surface area contributed by atoms with Gasteiger partial charge in [0.25, 0.3) is 0 Å². The summed E-state index contributed by atoms with van der Waals surface area (Å²) in [6, 6.07) is 12.1. The molecular formula is C25H29ClN4O6. The third kappa shape index (κ3) is 6.32. The van der Waals surface area contributed by atoms with Crippen LogP contribution in [0.15, 0.2) is 57.0 Å². The highest BCUT2D eigenvalue weighted by atomic mass is 35.5. The van der Waals surface area contributed by atoms with Crippen molar-refractivity contribution in [3.63, 3.8) is 0 Å². The molecule has 0 saturated carbocycles. The molecule has 36 heavy (non-hydrogen) atoms. The topological polar surface area (TPSA) is 128 Å². The molecule has 0 aliphatic carbocycles. The summed E-state index contributed by atoms with van der Waals surface area (Å²) < 4.78 is 12.3. The quantitative estimate of drug-likeness (QED) is 0.442. The Labute approximate surface area is 212 Å². The van der Waals surface area contributed by atoms with Crippen LogP contribution in [0.3, 0.4) is 0 Å². The molecule has 3 aromatic rings. The van der Waals surface area contributed by atoms with Crippen LogP contribution in [0.25, 0.3) is 0 Å². The average Bonchev–Trinajstić information content (AvgIpc) is 2.81. The van der Waals surface area contributed by atoms with E-state index in [2.05, 4.69) is 14.7 Å². The van der Waals surface area contributed by atoms with Crippen molar-refractivity contribution in [1.82, 2.24) is 14.1 Å². The van der Waals surface area contributed by atoms with Gasteiger partial charge in [-0.15, -0.1) is 0 Å². The van der Waals surface area contributed by atoms with E-state index in [9.17, 15) is 19.5 Å². The van der Waals surface area contributed by atoms with E-state index in [1.54, 1.807) is 42.5 Å². The van der Waals surface area contributed by atoms with Gasteiger partial charge in [-0.3, -0.25) is 9.55 Å². The largest absolute Gasteiger partial charge is 0.491 e. The minimum atomic E-state index is -2.11. The van der Waals surface area contributed by atoms with Crippen molar-refractivity contribution in [2.24, 2.45) is 4.99 Å². The van der Waals surface area contributed by atoms with E-state index >= 15 is 0 Å². The van der Waals surface area contributed by atoms with Crippen molar-refractivity contribution >= 4 is 23.3 Å². The normalized spacial score (nSPS) is 13.5. The molecular weight excluding hydrogens is 488 g/mol. The number of carbonyl (C=O) groups excluding carboxylic acids is 1. The minimum Gasteiger partial charge on any atom is -0.491 e. The van der Waals surface area contributed by atoms with Gasteiger partial charge >= 0.3 is 17.3 Å². The maximum Gasteiger partial charge on any atom is 0.339 e. The highest BCUT2D eigenvalue weighted by Gasteiger charge is 2.33. The number of ether oxygens (including phenoxy) is 2. The maximum absolute atomic E-state index is 13.4. The molecule has 1 heterocycles. The number of hydrogen-bond acceptors (Lipinski definition) is 7. The Morgan fingerprint density at radius 2 is 1.83 bits per heavy atom. The first-order valence-corrected chi connectivity index (χ1v) is 11.6. The number of aliphatic hydroxyl groups is 1. The molecule has 192 valence electrons. The summed E-state index contributed by atoms with van der Waals surface area (Å²) in [5.41, 5.74) is -1.69. The highest BCUT2D eigenvalue weighted by Crippen LogP contribution is 2.24. The molecule has 0 fully saturated rings. The average molecular weight is 517 g/mol. The van der Waals surface area contributed by atoms with E-state index in [1.807, 2.05) is 20.8 Å². The monoisotopic (exact) mass is 516 g/mol. The number of aromatic nitrogens is 3. The van der Waals surface area contributed by atoms with Crippen molar-refractivity contribution < 1.29 is 19.4 Å². The number of carbonyl (C=O) groups is 1. The van der Waals surface area contributed by atoms with Crippen LogP contribution in [0.5, 0.6) is 5.75 Å². The Morgan fingerprint density at radius 3 is 2.42 bits per heavy atom. The number of methoxy groups -OCH3 is 1. The predicted octanol–water partition coefficient (Wildman–Crippen LogP) is 2.29. The van der Waals surface area contributed by atoms with Crippen LogP contribution < -0.4 is 21.7 Å². The van der Waals surface area contributed by atoms with Crippen molar-refractivity contribution in [2.75, 3.05) is 7.11 Å². The lowest BCUT2D eigenvalue weighted by molar-refractivity contribution is -0.161. The highest BCUT2D eigenvalue weighted by molar-refractivity contribution is 6.30. The Morgan fingerprint density at radius 1 is 1.17 bits per heavy atom. The molecule has 1 unspecified atom stereocenters. The van der Waals surface area contributed by atoms with Crippen LogP contribution in [-0.2, 0) is 22.6 Å². The number of esters is 1. The number of aromatic amines is 1. The lowest BCUT2D eigenvalue weighted by atomic mass is 10.1.